The largest absolute Gasteiger partial charge is 0.480 e. The zero-order valence-corrected chi connectivity index (χ0v) is 15.4. The van der Waals surface area contributed by atoms with E-state index in [0.29, 0.717) is 0 Å². The first kappa shape index (κ1) is 18.9. The van der Waals surface area contributed by atoms with Gasteiger partial charge in [-0.1, -0.05) is 48.5 Å². The molecule has 2 aromatic rings. The summed E-state index contributed by atoms with van der Waals surface area (Å²) in [7, 11) is -3.58. The molecule has 1 atom stereocenters. The van der Waals surface area contributed by atoms with E-state index in [4.69, 9.17) is 9.84 Å². The van der Waals surface area contributed by atoms with Crippen LogP contribution in [0.25, 0.3) is 11.1 Å². The predicted octanol–water partition coefficient (Wildman–Crippen LogP) is 2.02. The van der Waals surface area contributed by atoms with Gasteiger partial charge in [-0.25, -0.2) is 18.0 Å². The Morgan fingerprint density at radius 1 is 1.07 bits per heavy atom. The van der Waals surface area contributed by atoms with E-state index < -0.39 is 33.7 Å². The average Bonchev–Trinajstić information content (AvgIpc) is 2.92. The number of sulfone groups is 1. The number of carboxylic acids is 1. The molecule has 0 radical (unpaired) electrons. The smallest absolute Gasteiger partial charge is 0.407 e. The zero-order valence-electron chi connectivity index (χ0n) is 14.6. The number of hydrogen-bond acceptors (Lipinski definition) is 5. The maximum atomic E-state index is 12.0. The number of hydrogen-bond donors (Lipinski definition) is 2. The quantitative estimate of drug-likeness (QED) is 0.782. The fraction of sp³-hybridized carbons (Fsp3) is 0.263. The van der Waals surface area contributed by atoms with Crippen LogP contribution in [0.1, 0.15) is 17.0 Å². The summed E-state index contributed by atoms with van der Waals surface area (Å²) in [5.41, 5.74) is 4.19. The van der Waals surface area contributed by atoms with Gasteiger partial charge in [-0.05, 0) is 22.3 Å². The molecule has 1 aliphatic carbocycles. The Morgan fingerprint density at radius 3 is 2.07 bits per heavy atom. The highest BCUT2D eigenvalue weighted by Crippen LogP contribution is 2.44. The number of alkyl carbamates (subject to hydrolysis) is 1. The van der Waals surface area contributed by atoms with Crippen molar-refractivity contribution in [2.24, 2.45) is 0 Å². The van der Waals surface area contributed by atoms with Gasteiger partial charge in [-0.2, -0.15) is 0 Å². The third-order valence-corrected chi connectivity index (χ3v) is 5.34. The molecule has 0 saturated carbocycles. The number of ether oxygens (including phenoxy) is 1. The van der Waals surface area contributed by atoms with Crippen LogP contribution in [-0.2, 0) is 19.4 Å². The molecule has 3 rings (SSSR count). The lowest BCUT2D eigenvalue weighted by Gasteiger charge is -2.17. The number of carbonyl (C=O) groups excluding carboxylic acids is 1. The summed E-state index contributed by atoms with van der Waals surface area (Å²) in [6.07, 6.45) is -0.0598. The third kappa shape index (κ3) is 4.28. The van der Waals surface area contributed by atoms with E-state index in [0.717, 1.165) is 28.5 Å². The van der Waals surface area contributed by atoms with Crippen molar-refractivity contribution in [3.8, 4) is 11.1 Å². The number of amides is 1. The Kier molecular flexibility index (Phi) is 5.18. The molecular weight excluding hydrogens is 370 g/mol. The molecule has 0 bridgehead atoms. The van der Waals surface area contributed by atoms with Crippen LogP contribution in [0.5, 0.6) is 0 Å². The normalized spacial score (nSPS) is 14.1. The van der Waals surface area contributed by atoms with E-state index in [1.165, 1.54) is 0 Å². The highest BCUT2D eigenvalue weighted by atomic mass is 32.2. The Bertz CT molecular complexity index is 940. The van der Waals surface area contributed by atoms with Crippen LogP contribution in [0.3, 0.4) is 0 Å². The van der Waals surface area contributed by atoms with Gasteiger partial charge in [0.1, 0.15) is 22.5 Å². The molecule has 0 saturated heterocycles. The number of nitrogens with one attached hydrogen (secondary N) is 1. The van der Waals surface area contributed by atoms with Gasteiger partial charge in [0.25, 0.3) is 0 Å². The van der Waals surface area contributed by atoms with Crippen LogP contribution in [0.4, 0.5) is 4.79 Å². The zero-order chi connectivity index (χ0) is 19.6. The van der Waals surface area contributed by atoms with Crippen molar-refractivity contribution >= 4 is 21.9 Å². The number of rotatable bonds is 6. The lowest BCUT2D eigenvalue weighted by atomic mass is 9.98. The van der Waals surface area contributed by atoms with Crippen molar-refractivity contribution in [2.75, 3.05) is 18.6 Å². The molecular formula is C19H19NO6S. The summed E-state index contributed by atoms with van der Waals surface area (Å²) in [6.45, 7) is 0.0189. The predicted molar refractivity (Wildman–Crippen MR) is 99.3 cm³/mol. The summed E-state index contributed by atoms with van der Waals surface area (Å²) in [6, 6.07) is 14.1. The van der Waals surface area contributed by atoms with Crippen LogP contribution in [0, 0.1) is 0 Å². The molecule has 0 fully saturated rings. The molecule has 142 valence electrons. The Balaban J connectivity index is 1.71. The summed E-state index contributed by atoms with van der Waals surface area (Å²) in [5.74, 6) is -2.30. The van der Waals surface area contributed by atoms with Gasteiger partial charge in [-0.3, -0.25) is 0 Å². The van der Waals surface area contributed by atoms with Gasteiger partial charge < -0.3 is 15.2 Å². The van der Waals surface area contributed by atoms with Gasteiger partial charge in [0.05, 0.1) is 5.75 Å². The van der Waals surface area contributed by atoms with Gasteiger partial charge in [0.15, 0.2) is 0 Å². The molecule has 0 aromatic heterocycles. The summed E-state index contributed by atoms with van der Waals surface area (Å²) in [4.78, 5) is 23.2. The third-order valence-electron chi connectivity index (χ3n) is 4.40. The van der Waals surface area contributed by atoms with Crippen LogP contribution in [0.15, 0.2) is 48.5 Å². The van der Waals surface area contributed by atoms with Crippen molar-refractivity contribution in [3.63, 3.8) is 0 Å². The van der Waals surface area contributed by atoms with E-state index in [1.54, 1.807) is 0 Å². The Hall–Kier alpha value is -2.87. The highest BCUT2D eigenvalue weighted by molar-refractivity contribution is 7.90. The Morgan fingerprint density at radius 2 is 1.59 bits per heavy atom. The second kappa shape index (κ2) is 7.40. The van der Waals surface area contributed by atoms with Gasteiger partial charge in [0.2, 0.25) is 0 Å². The maximum absolute atomic E-state index is 12.0. The number of benzene rings is 2. The van der Waals surface area contributed by atoms with Crippen molar-refractivity contribution in [1.29, 1.82) is 0 Å². The average molecular weight is 389 g/mol. The van der Waals surface area contributed by atoms with Gasteiger partial charge >= 0.3 is 12.1 Å². The molecule has 2 aromatic carbocycles. The van der Waals surface area contributed by atoms with Crippen LogP contribution < -0.4 is 5.32 Å². The van der Waals surface area contributed by atoms with Crippen LogP contribution in [-0.4, -0.2) is 50.2 Å². The first-order valence-electron chi connectivity index (χ1n) is 8.28. The topological polar surface area (TPSA) is 110 Å². The first-order chi connectivity index (χ1) is 12.8. The van der Waals surface area contributed by atoms with Crippen LogP contribution in [0.2, 0.25) is 0 Å². The minimum atomic E-state index is -3.58. The fourth-order valence-corrected chi connectivity index (χ4v) is 4.09. The minimum Gasteiger partial charge on any atom is -0.480 e. The standard InChI is InChI=1S/C19H19NO6S/c1-27(24,25)11-17(18(21)22)20-19(23)26-10-16-14-8-4-2-6-12(14)13-7-3-5-9-15(13)16/h2-9,16-17H,10-11H2,1H3,(H,20,23)(H,21,22). The summed E-state index contributed by atoms with van der Waals surface area (Å²) >= 11 is 0. The molecule has 2 N–H and O–H groups in total. The van der Waals surface area contributed by atoms with E-state index in [2.05, 4.69) is 5.32 Å². The number of carbonyl (C=O) groups is 2. The molecule has 0 aliphatic heterocycles. The van der Waals surface area contributed by atoms with Crippen LogP contribution >= 0.6 is 0 Å². The Labute approximate surface area is 156 Å². The molecule has 1 unspecified atom stereocenters. The number of aliphatic carboxylic acids is 1. The maximum Gasteiger partial charge on any atom is 0.407 e. The first-order valence-corrected chi connectivity index (χ1v) is 10.3. The van der Waals surface area contributed by atoms with E-state index in [-0.39, 0.29) is 12.5 Å². The SMILES string of the molecule is CS(=O)(=O)CC(NC(=O)OCC1c2ccccc2-c2ccccc21)C(=O)O. The van der Waals surface area contributed by atoms with E-state index >= 15 is 0 Å². The fourth-order valence-electron chi connectivity index (χ4n) is 3.26. The second-order valence-corrected chi connectivity index (χ2v) is 8.64. The van der Waals surface area contributed by atoms with Gasteiger partial charge in [-0.15, -0.1) is 0 Å². The monoisotopic (exact) mass is 389 g/mol. The molecule has 1 aliphatic rings. The molecule has 8 heteroatoms. The second-order valence-electron chi connectivity index (χ2n) is 6.45. The lowest BCUT2D eigenvalue weighted by molar-refractivity contribution is -0.138. The van der Waals surface area contributed by atoms with Crippen molar-refractivity contribution < 1.29 is 27.9 Å². The molecule has 0 spiro atoms. The van der Waals surface area contributed by atoms with E-state index in [1.807, 2.05) is 48.5 Å². The summed E-state index contributed by atoms with van der Waals surface area (Å²) in [5, 5.41) is 11.2. The van der Waals surface area contributed by atoms with Crippen molar-refractivity contribution in [1.82, 2.24) is 5.32 Å². The molecule has 7 nitrogen and oxygen atoms in total. The molecule has 1 amide bonds. The molecule has 27 heavy (non-hydrogen) atoms. The van der Waals surface area contributed by atoms with Crippen molar-refractivity contribution in [2.45, 2.75) is 12.0 Å². The number of carboxylic acid groups (broad SMARTS) is 1. The minimum absolute atomic E-state index is 0.0189. The summed E-state index contributed by atoms with van der Waals surface area (Å²) < 4.78 is 27.9. The van der Waals surface area contributed by atoms with Crippen molar-refractivity contribution in [3.05, 3.63) is 59.7 Å². The lowest BCUT2D eigenvalue weighted by Crippen LogP contribution is -2.45. The molecule has 0 heterocycles. The van der Waals surface area contributed by atoms with Gasteiger partial charge in [0, 0.05) is 12.2 Å². The number of fused-ring (bicyclic) bond motifs is 3. The van der Waals surface area contributed by atoms with E-state index in [9.17, 15) is 18.0 Å². The highest BCUT2D eigenvalue weighted by Gasteiger charge is 2.30.